The van der Waals surface area contributed by atoms with E-state index in [0.29, 0.717) is 0 Å². The average Bonchev–Trinajstić information content (AvgIpc) is 2.63. The molecule has 0 amide bonds. The predicted octanol–water partition coefficient (Wildman–Crippen LogP) is 2.53. The van der Waals surface area contributed by atoms with Crippen LogP contribution in [0.4, 0.5) is 0 Å². The first-order valence-electron chi connectivity index (χ1n) is 5.89. The zero-order valence-corrected chi connectivity index (χ0v) is 11.3. The van der Waals surface area contributed by atoms with Crippen LogP contribution in [0, 0.1) is 6.92 Å². The maximum absolute atomic E-state index is 10.3. The monoisotopic (exact) mass is 256 g/mol. The van der Waals surface area contributed by atoms with E-state index in [1.54, 1.807) is 11.3 Å². The van der Waals surface area contributed by atoms with E-state index in [1.807, 2.05) is 6.92 Å². The van der Waals surface area contributed by atoms with Gasteiger partial charge in [0, 0.05) is 18.3 Å². The molecule has 0 unspecified atom stereocenters. The smallest absolute Gasteiger partial charge is 0.303 e. The topological polar surface area (TPSA) is 53.4 Å². The second-order valence-corrected chi connectivity index (χ2v) is 5.36. The highest BCUT2D eigenvalue weighted by Gasteiger charge is 2.03. The van der Waals surface area contributed by atoms with Crippen LogP contribution in [0.15, 0.2) is 5.38 Å². The van der Waals surface area contributed by atoms with Crippen molar-refractivity contribution in [3.05, 3.63) is 16.1 Å². The lowest BCUT2D eigenvalue weighted by Crippen LogP contribution is -2.19. The van der Waals surface area contributed by atoms with E-state index in [0.717, 1.165) is 43.1 Å². The summed E-state index contributed by atoms with van der Waals surface area (Å²) in [4.78, 5) is 17.0. The van der Waals surface area contributed by atoms with Crippen molar-refractivity contribution < 1.29 is 9.90 Å². The third kappa shape index (κ3) is 6.38. The first kappa shape index (κ1) is 14.1. The standard InChI is InChI=1S/C12H20N2O2S/c1-10-13-11(9-17-10)8-14(2)7-5-3-4-6-12(15)16/h9H,3-8H2,1-2H3,(H,15,16). The number of aromatic nitrogens is 1. The van der Waals surface area contributed by atoms with Gasteiger partial charge >= 0.3 is 5.97 Å². The summed E-state index contributed by atoms with van der Waals surface area (Å²) in [6.45, 7) is 3.89. The second kappa shape index (κ2) is 7.40. The van der Waals surface area contributed by atoms with Gasteiger partial charge in [0.25, 0.3) is 0 Å². The zero-order valence-electron chi connectivity index (χ0n) is 10.5. The average molecular weight is 256 g/mol. The molecule has 96 valence electrons. The van der Waals surface area contributed by atoms with Crippen LogP contribution in [0.2, 0.25) is 0 Å². The van der Waals surface area contributed by atoms with Gasteiger partial charge in [0.1, 0.15) is 0 Å². The molecule has 0 atom stereocenters. The molecule has 0 aliphatic carbocycles. The number of carboxylic acids is 1. The SMILES string of the molecule is Cc1nc(CN(C)CCCCCC(=O)O)cs1. The molecule has 0 saturated carbocycles. The molecule has 5 heteroatoms. The van der Waals surface area contributed by atoms with Gasteiger partial charge in [-0.25, -0.2) is 4.98 Å². The Morgan fingerprint density at radius 2 is 2.24 bits per heavy atom. The molecule has 17 heavy (non-hydrogen) atoms. The van der Waals surface area contributed by atoms with Crippen molar-refractivity contribution in [3.63, 3.8) is 0 Å². The molecule has 1 aromatic heterocycles. The third-order valence-corrected chi connectivity index (χ3v) is 3.35. The molecule has 0 saturated heterocycles. The van der Waals surface area contributed by atoms with Gasteiger partial charge in [-0.05, 0) is 33.4 Å². The summed E-state index contributed by atoms with van der Waals surface area (Å²) < 4.78 is 0. The quantitative estimate of drug-likeness (QED) is 0.726. The first-order chi connectivity index (χ1) is 8.08. The summed E-state index contributed by atoms with van der Waals surface area (Å²) in [5, 5.41) is 11.7. The molecular formula is C12H20N2O2S. The van der Waals surface area contributed by atoms with Crippen molar-refractivity contribution in [1.82, 2.24) is 9.88 Å². The molecule has 1 N–H and O–H groups in total. The number of hydrogen-bond donors (Lipinski definition) is 1. The van der Waals surface area contributed by atoms with Gasteiger partial charge in [-0.1, -0.05) is 6.42 Å². The summed E-state index contributed by atoms with van der Waals surface area (Å²) in [5.41, 5.74) is 1.13. The van der Waals surface area contributed by atoms with Gasteiger partial charge in [-0.3, -0.25) is 4.79 Å². The van der Waals surface area contributed by atoms with E-state index >= 15 is 0 Å². The van der Waals surface area contributed by atoms with Crippen LogP contribution < -0.4 is 0 Å². The van der Waals surface area contributed by atoms with Gasteiger partial charge in [0.15, 0.2) is 0 Å². The van der Waals surface area contributed by atoms with E-state index in [1.165, 1.54) is 0 Å². The number of aliphatic carboxylic acids is 1. The zero-order chi connectivity index (χ0) is 12.7. The van der Waals surface area contributed by atoms with Crippen LogP contribution in [0.3, 0.4) is 0 Å². The van der Waals surface area contributed by atoms with E-state index < -0.39 is 5.97 Å². The molecule has 0 bridgehead atoms. The number of aryl methyl sites for hydroxylation is 1. The lowest BCUT2D eigenvalue weighted by molar-refractivity contribution is -0.137. The van der Waals surface area contributed by atoms with Crippen molar-refractivity contribution in [2.75, 3.05) is 13.6 Å². The molecule has 1 rings (SSSR count). The number of rotatable bonds is 8. The fourth-order valence-corrected chi connectivity index (χ4v) is 2.27. The Morgan fingerprint density at radius 1 is 1.47 bits per heavy atom. The summed E-state index contributed by atoms with van der Waals surface area (Å²) in [7, 11) is 2.08. The van der Waals surface area contributed by atoms with E-state index in [4.69, 9.17) is 5.11 Å². The number of thiazole rings is 1. The van der Waals surface area contributed by atoms with Crippen molar-refractivity contribution in [3.8, 4) is 0 Å². The normalized spacial score (nSPS) is 11.0. The number of nitrogens with zero attached hydrogens (tertiary/aromatic N) is 2. The fourth-order valence-electron chi connectivity index (χ4n) is 1.67. The highest BCUT2D eigenvalue weighted by atomic mass is 32.1. The Labute approximate surface area is 106 Å². The maximum atomic E-state index is 10.3. The molecule has 4 nitrogen and oxygen atoms in total. The number of carbonyl (C=O) groups is 1. The Kier molecular flexibility index (Phi) is 6.15. The van der Waals surface area contributed by atoms with Gasteiger partial charge in [0.05, 0.1) is 10.7 Å². The second-order valence-electron chi connectivity index (χ2n) is 4.30. The molecule has 0 aliphatic heterocycles. The number of unbranched alkanes of at least 4 members (excludes halogenated alkanes) is 2. The van der Waals surface area contributed by atoms with Crippen LogP contribution in [0.5, 0.6) is 0 Å². The molecule has 0 aliphatic rings. The summed E-state index contributed by atoms with van der Waals surface area (Å²) >= 11 is 1.68. The van der Waals surface area contributed by atoms with Crippen LogP contribution in [-0.4, -0.2) is 34.6 Å². The van der Waals surface area contributed by atoms with Crippen LogP contribution >= 0.6 is 11.3 Å². The molecule has 0 fully saturated rings. The van der Waals surface area contributed by atoms with Gasteiger partial charge in [-0.15, -0.1) is 11.3 Å². The lowest BCUT2D eigenvalue weighted by Gasteiger charge is -2.14. The maximum Gasteiger partial charge on any atom is 0.303 e. The molecule has 0 spiro atoms. The van der Waals surface area contributed by atoms with Gasteiger partial charge in [-0.2, -0.15) is 0 Å². The van der Waals surface area contributed by atoms with Crippen LogP contribution in [-0.2, 0) is 11.3 Å². The first-order valence-corrected chi connectivity index (χ1v) is 6.77. The Bertz CT molecular complexity index is 352. The predicted molar refractivity (Wildman–Crippen MR) is 69.3 cm³/mol. The third-order valence-electron chi connectivity index (χ3n) is 2.53. The van der Waals surface area contributed by atoms with Crippen LogP contribution in [0.1, 0.15) is 36.4 Å². The van der Waals surface area contributed by atoms with Crippen molar-refractivity contribution in [2.45, 2.75) is 39.2 Å². The minimum absolute atomic E-state index is 0.287. The fraction of sp³-hybridized carbons (Fsp3) is 0.667. The van der Waals surface area contributed by atoms with Crippen molar-refractivity contribution in [2.24, 2.45) is 0 Å². The summed E-state index contributed by atoms with van der Waals surface area (Å²) in [6, 6.07) is 0. The van der Waals surface area contributed by atoms with Crippen LogP contribution in [0.25, 0.3) is 0 Å². The minimum Gasteiger partial charge on any atom is -0.481 e. The largest absolute Gasteiger partial charge is 0.481 e. The highest BCUT2D eigenvalue weighted by Crippen LogP contribution is 2.10. The molecule has 0 aromatic carbocycles. The summed E-state index contributed by atoms with van der Waals surface area (Å²) in [6.07, 6.45) is 3.09. The Hall–Kier alpha value is -0.940. The molecule has 1 heterocycles. The van der Waals surface area contributed by atoms with E-state index in [2.05, 4.69) is 22.3 Å². The van der Waals surface area contributed by atoms with Gasteiger partial charge in [0.2, 0.25) is 0 Å². The van der Waals surface area contributed by atoms with Crippen molar-refractivity contribution >= 4 is 17.3 Å². The molecular weight excluding hydrogens is 236 g/mol. The molecule has 1 aromatic rings. The van der Waals surface area contributed by atoms with Crippen molar-refractivity contribution in [1.29, 1.82) is 0 Å². The van der Waals surface area contributed by atoms with Gasteiger partial charge < -0.3 is 10.0 Å². The number of hydrogen-bond acceptors (Lipinski definition) is 4. The lowest BCUT2D eigenvalue weighted by atomic mass is 10.2. The van der Waals surface area contributed by atoms with E-state index in [-0.39, 0.29) is 6.42 Å². The number of carboxylic acid groups (broad SMARTS) is 1. The van der Waals surface area contributed by atoms with E-state index in [9.17, 15) is 4.79 Å². The Morgan fingerprint density at radius 3 is 2.82 bits per heavy atom. The highest BCUT2D eigenvalue weighted by molar-refractivity contribution is 7.09. The molecule has 0 radical (unpaired) electrons. The Balaban J connectivity index is 2.09. The summed E-state index contributed by atoms with van der Waals surface area (Å²) in [5.74, 6) is -0.698. The minimum atomic E-state index is -0.698.